The van der Waals surface area contributed by atoms with Crippen molar-refractivity contribution in [1.29, 1.82) is 0 Å². The quantitative estimate of drug-likeness (QED) is 0.590. The zero-order chi connectivity index (χ0) is 19.2. The van der Waals surface area contributed by atoms with Crippen LogP contribution in [0, 0.1) is 5.92 Å². The van der Waals surface area contributed by atoms with E-state index in [0.29, 0.717) is 24.0 Å². The van der Waals surface area contributed by atoms with Gasteiger partial charge in [0.05, 0.1) is 24.5 Å². The summed E-state index contributed by atoms with van der Waals surface area (Å²) in [5, 5.41) is 0. The van der Waals surface area contributed by atoms with E-state index in [1.54, 1.807) is 13.3 Å². The fourth-order valence-corrected chi connectivity index (χ4v) is 3.64. The first kappa shape index (κ1) is 20.4. The zero-order valence-corrected chi connectivity index (χ0v) is 17.1. The van der Waals surface area contributed by atoms with Crippen LogP contribution in [-0.2, 0) is 9.47 Å². The Balaban J connectivity index is 1.29. The number of rotatable bonds is 11. The van der Waals surface area contributed by atoms with Gasteiger partial charge in [0.1, 0.15) is 11.9 Å². The third-order valence-electron chi connectivity index (χ3n) is 5.45. The van der Waals surface area contributed by atoms with E-state index in [-0.39, 0.29) is 12.2 Å². The molecule has 1 saturated carbocycles. The van der Waals surface area contributed by atoms with Crippen LogP contribution in [0.3, 0.4) is 0 Å². The van der Waals surface area contributed by atoms with Crippen LogP contribution in [0.5, 0.6) is 11.6 Å². The van der Waals surface area contributed by atoms with Gasteiger partial charge in [0.15, 0.2) is 0 Å². The number of ether oxygens (including phenoxy) is 4. The highest BCUT2D eigenvalue weighted by atomic mass is 16.5. The lowest BCUT2D eigenvalue weighted by Gasteiger charge is -2.35. The molecular weight excluding hydrogens is 344 g/mol. The van der Waals surface area contributed by atoms with Gasteiger partial charge in [-0.25, -0.2) is 4.98 Å². The van der Waals surface area contributed by atoms with Crippen LogP contribution in [0.1, 0.15) is 39.5 Å². The highest BCUT2D eigenvalue weighted by Gasteiger charge is 2.29. The average Bonchev–Trinajstić information content (AvgIpc) is 2.57. The van der Waals surface area contributed by atoms with E-state index in [1.807, 2.05) is 12.1 Å². The van der Waals surface area contributed by atoms with Crippen LogP contribution in [0.2, 0.25) is 0 Å². The van der Waals surface area contributed by atoms with Crippen LogP contribution in [0.15, 0.2) is 18.3 Å². The van der Waals surface area contributed by atoms with Gasteiger partial charge in [0.25, 0.3) is 0 Å². The van der Waals surface area contributed by atoms with E-state index in [9.17, 15) is 0 Å². The second-order valence-electron chi connectivity index (χ2n) is 8.17. The second-order valence-corrected chi connectivity index (χ2v) is 8.17. The Morgan fingerprint density at radius 1 is 1.15 bits per heavy atom. The number of hydrogen-bond donors (Lipinski definition) is 0. The molecule has 1 saturated heterocycles. The van der Waals surface area contributed by atoms with Crippen molar-refractivity contribution >= 4 is 0 Å². The molecule has 6 nitrogen and oxygen atoms in total. The minimum atomic E-state index is 0.149. The SMILES string of the molecule is COC1CC(OCCC(C)CC(C)Oc2ccc(OC3CN(C)C3)nc2)C1. The highest BCUT2D eigenvalue weighted by Crippen LogP contribution is 2.26. The molecule has 0 radical (unpaired) electrons. The first-order valence-corrected chi connectivity index (χ1v) is 10.1. The highest BCUT2D eigenvalue weighted by molar-refractivity contribution is 5.23. The zero-order valence-electron chi connectivity index (χ0n) is 17.1. The topological polar surface area (TPSA) is 53.1 Å². The third kappa shape index (κ3) is 6.33. The van der Waals surface area contributed by atoms with E-state index in [4.69, 9.17) is 18.9 Å². The lowest BCUT2D eigenvalue weighted by atomic mass is 9.92. The molecule has 0 aromatic carbocycles. The predicted octanol–water partition coefficient (Wildman–Crippen LogP) is 3.15. The van der Waals surface area contributed by atoms with Crippen LogP contribution in [-0.4, -0.2) is 68.2 Å². The molecule has 2 atom stereocenters. The molecule has 1 aliphatic carbocycles. The molecule has 152 valence electrons. The van der Waals surface area contributed by atoms with E-state index in [2.05, 4.69) is 30.8 Å². The molecule has 6 heteroatoms. The standard InChI is InChI=1S/C21H34N2O4/c1-15(7-8-25-19-10-18(11-19)24-4)9-16(2)26-17-5-6-21(22-12-17)27-20-13-23(3)14-20/h5-6,12,15-16,18-20H,7-11,13-14H2,1-4H3. The summed E-state index contributed by atoms with van der Waals surface area (Å²) in [4.78, 5) is 6.58. The maximum atomic E-state index is 6.01. The van der Waals surface area contributed by atoms with Gasteiger partial charge >= 0.3 is 0 Å². The molecule has 2 fully saturated rings. The number of aromatic nitrogens is 1. The monoisotopic (exact) mass is 378 g/mol. The van der Waals surface area contributed by atoms with Crippen molar-refractivity contribution in [3.8, 4) is 11.6 Å². The van der Waals surface area contributed by atoms with E-state index >= 15 is 0 Å². The molecule has 1 aromatic heterocycles. The first-order valence-electron chi connectivity index (χ1n) is 10.1. The molecule has 2 heterocycles. The third-order valence-corrected chi connectivity index (χ3v) is 5.45. The molecule has 1 aromatic rings. The largest absolute Gasteiger partial charge is 0.489 e. The summed E-state index contributed by atoms with van der Waals surface area (Å²) in [5.74, 6) is 2.03. The maximum absolute atomic E-state index is 6.01. The van der Waals surface area contributed by atoms with Crippen molar-refractivity contribution in [2.24, 2.45) is 5.92 Å². The van der Waals surface area contributed by atoms with Gasteiger partial charge < -0.3 is 18.9 Å². The van der Waals surface area contributed by atoms with Gasteiger partial charge in [-0.05, 0) is 51.6 Å². The Labute approximate surface area is 163 Å². The number of likely N-dealkylation sites (tertiary alicyclic amines) is 1. The first-order chi connectivity index (χ1) is 13.0. The fourth-order valence-electron chi connectivity index (χ4n) is 3.64. The van der Waals surface area contributed by atoms with Crippen LogP contribution in [0.4, 0.5) is 0 Å². The molecule has 0 spiro atoms. The molecule has 1 aliphatic heterocycles. The van der Waals surface area contributed by atoms with Gasteiger partial charge in [-0.2, -0.15) is 0 Å². The summed E-state index contributed by atoms with van der Waals surface area (Å²) >= 11 is 0. The number of hydrogen-bond acceptors (Lipinski definition) is 6. The molecule has 0 bridgehead atoms. The van der Waals surface area contributed by atoms with Crippen molar-refractivity contribution in [1.82, 2.24) is 9.88 Å². The van der Waals surface area contributed by atoms with Gasteiger partial charge in [-0.3, -0.25) is 4.90 Å². The van der Waals surface area contributed by atoms with Crippen molar-refractivity contribution in [3.05, 3.63) is 18.3 Å². The lowest BCUT2D eigenvalue weighted by Crippen LogP contribution is -2.51. The van der Waals surface area contributed by atoms with Gasteiger partial charge in [0, 0.05) is 32.9 Å². The Kier molecular flexibility index (Phi) is 7.33. The normalized spacial score (nSPS) is 25.3. The minimum absolute atomic E-state index is 0.149. The van der Waals surface area contributed by atoms with Crippen molar-refractivity contribution in [2.75, 3.05) is 33.9 Å². The molecule has 27 heavy (non-hydrogen) atoms. The minimum Gasteiger partial charge on any atom is -0.489 e. The van der Waals surface area contributed by atoms with Crippen LogP contribution >= 0.6 is 0 Å². The fraction of sp³-hybridized carbons (Fsp3) is 0.762. The molecule has 2 unspecified atom stereocenters. The Bertz CT molecular complexity index is 556. The Morgan fingerprint density at radius 3 is 2.56 bits per heavy atom. The predicted molar refractivity (Wildman–Crippen MR) is 104 cm³/mol. The smallest absolute Gasteiger partial charge is 0.213 e. The maximum Gasteiger partial charge on any atom is 0.213 e. The molecule has 3 rings (SSSR count). The number of likely N-dealkylation sites (N-methyl/N-ethyl adjacent to an activating group) is 1. The van der Waals surface area contributed by atoms with Gasteiger partial charge in [-0.1, -0.05) is 6.92 Å². The molecular formula is C21H34N2O4. The van der Waals surface area contributed by atoms with Crippen molar-refractivity contribution in [3.63, 3.8) is 0 Å². The van der Waals surface area contributed by atoms with Gasteiger partial charge in [0.2, 0.25) is 5.88 Å². The Hall–Kier alpha value is -1.37. The summed E-state index contributed by atoms with van der Waals surface area (Å²) in [6.45, 7) is 7.12. The summed E-state index contributed by atoms with van der Waals surface area (Å²) in [6.07, 6.45) is 7.09. The number of methoxy groups -OCH3 is 1. The molecule has 2 aliphatic rings. The van der Waals surface area contributed by atoms with Crippen LogP contribution in [0.25, 0.3) is 0 Å². The summed E-state index contributed by atoms with van der Waals surface area (Å²) in [6, 6.07) is 3.83. The number of pyridine rings is 1. The summed E-state index contributed by atoms with van der Waals surface area (Å²) in [7, 11) is 3.86. The van der Waals surface area contributed by atoms with Crippen LogP contribution < -0.4 is 9.47 Å². The van der Waals surface area contributed by atoms with E-state index < -0.39 is 0 Å². The van der Waals surface area contributed by atoms with E-state index in [0.717, 1.165) is 51.1 Å². The van der Waals surface area contributed by atoms with E-state index in [1.165, 1.54) is 0 Å². The number of nitrogens with zero attached hydrogens (tertiary/aromatic N) is 2. The van der Waals surface area contributed by atoms with Gasteiger partial charge in [-0.15, -0.1) is 0 Å². The Morgan fingerprint density at radius 2 is 1.93 bits per heavy atom. The lowest BCUT2D eigenvalue weighted by molar-refractivity contribution is -0.0890. The van der Waals surface area contributed by atoms with Crippen molar-refractivity contribution in [2.45, 2.75) is 63.9 Å². The van der Waals surface area contributed by atoms with Crippen molar-refractivity contribution < 1.29 is 18.9 Å². The summed E-state index contributed by atoms with van der Waals surface area (Å²) < 4.78 is 23.0. The average molecular weight is 379 g/mol. The second kappa shape index (κ2) is 9.71. The molecule has 0 amide bonds. The molecule has 0 N–H and O–H groups in total. The summed E-state index contributed by atoms with van der Waals surface area (Å²) in [5.41, 5.74) is 0.